The Morgan fingerprint density at radius 2 is 1.82 bits per heavy atom. The van der Waals surface area contributed by atoms with Gasteiger partial charge in [0.15, 0.2) is 23.9 Å². The highest BCUT2D eigenvalue weighted by Gasteiger charge is 2.26. The topological polar surface area (TPSA) is 63.8 Å². The molecule has 0 aliphatic heterocycles. The third-order valence-electron chi connectivity index (χ3n) is 6.37. The number of halogens is 4. The molecule has 10 heteroatoms. The van der Waals surface area contributed by atoms with Crippen LogP contribution in [0.15, 0.2) is 67.1 Å². The predicted molar refractivity (Wildman–Crippen MR) is 139 cm³/mol. The summed E-state index contributed by atoms with van der Waals surface area (Å²) in [7, 11) is 0. The number of nitrogens with one attached hydrogen (secondary N) is 1. The number of esters is 1. The van der Waals surface area contributed by atoms with Crippen molar-refractivity contribution in [3.05, 3.63) is 88.3 Å². The third-order valence-corrected chi connectivity index (χ3v) is 7.04. The van der Waals surface area contributed by atoms with Crippen molar-refractivity contribution in [2.45, 2.75) is 38.5 Å². The highest BCUT2D eigenvalue weighted by atomic mass is 35.5. The predicted octanol–water partition coefficient (Wildman–Crippen LogP) is 6.68. The number of nitrogens with zero attached hydrogens (tertiary/aromatic N) is 1. The molecule has 1 fully saturated rings. The van der Waals surface area contributed by atoms with Gasteiger partial charge in [0.05, 0.1) is 6.61 Å². The van der Waals surface area contributed by atoms with Crippen LogP contribution in [0.1, 0.15) is 30.1 Å². The molecule has 1 atom stereocenters. The van der Waals surface area contributed by atoms with Crippen molar-refractivity contribution in [1.82, 2.24) is 4.57 Å². The first-order chi connectivity index (χ1) is 18.4. The Labute approximate surface area is 228 Å². The summed E-state index contributed by atoms with van der Waals surface area (Å²) in [4.78, 5) is 16.0. The number of pyridine rings is 1. The number of fused-ring (bicyclic) bond motifs is 1. The summed E-state index contributed by atoms with van der Waals surface area (Å²) in [5.41, 5.74) is 2.00. The molecule has 2 heterocycles. The van der Waals surface area contributed by atoms with Gasteiger partial charge in [-0.05, 0) is 54.0 Å². The smallest absolute Gasteiger partial charge is 0.387 e. The molecule has 0 radical (unpaired) electrons. The first-order valence-electron chi connectivity index (χ1n) is 12.2. The van der Waals surface area contributed by atoms with Crippen LogP contribution in [0.3, 0.4) is 0 Å². The highest BCUT2D eigenvalue weighted by Crippen LogP contribution is 2.37. The maximum absolute atomic E-state index is 13.1. The van der Waals surface area contributed by atoms with Crippen LogP contribution in [0, 0.1) is 5.92 Å². The maximum Gasteiger partial charge on any atom is 0.387 e. The number of ether oxygens (including phenoxy) is 3. The van der Waals surface area contributed by atoms with Gasteiger partial charge in [0.1, 0.15) is 22.7 Å². The number of carbonyl (C=O) groups is 1. The number of carbonyl (C=O) groups excluding carboxylic acids is 1. The zero-order chi connectivity index (χ0) is 26.6. The summed E-state index contributed by atoms with van der Waals surface area (Å²) in [5.74, 6) is -0.0230. The molecule has 198 valence electrons. The summed E-state index contributed by atoms with van der Waals surface area (Å²) in [6.45, 7) is -2.64. The molecule has 2 aromatic carbocycles. The second kappa shape index (κ2) is 11.6. The number of hydrogen-bond donors (Lipinski definition) is 0. The van der Waals surface area contributed by atoms with Gasteiger partial charge in [0, 0.05) is 23.7 Å². The van der Waals surface area contributed by atoms with E-state index in [1.807, 2.05) is 36.5 Å². The molecule has 1 saturated carbocycles. The average Bonchev–Trinajstić information content (AvgIpc) is 3.64. The minimum atomic E-state index is -3.01. The largest absolute Gasteiger partial charge is 0.489 e. The number of para-hydroxylation sites is 1. The van der Waals surface area contributed by atoms with E-state index in [1.165, 1.54) is 6.07 Å². The number of benzene rings is 2. The van der Waals surface area contributed by atoms with Gasteiger partial charge in [-0.3, -0.25) is 4.79 Å². The molecule has 1 N–H and O–H groups in total. The Hall–Kier alpha value is -3.36. The molecule has 1 aliphatic rings. The fraction of sp³-hybridized carbons (Fsp3) is 0.286. The van der Waals surface area contributed by atoms with Crippen LogP contribution >= 0.6 is 23.2 Å². The average molecular weight is 562 g/mol. The Balaban J connectivity index is 1.44. The Morgan fingerprint density at radius 1 is 1.05 bits per heavy atom. The van der Waals surface area contributed by atoms with Gasteiger partial charge in [0.25, 0.3) is 0 Å². The monoisotopic (exact) mass is 561 g/mol. The number of aromatic nitrogens is 2. The molecular formula is C28H25Cl2F2N2O4+. The van der Waals surface area contributed by atoms with Crippen molar-refractivity contribution in [3.8, 4) is 11.5 Å². The summed E-state index contributed by atoms with van der Waals surface area (Å²) in [6.07, 6.45) is 6.37. The van der Waals surface area contributed by atoms with Crippen LogP contribution in [-0.4, -0.2) is 23.8 Å². The number of H-pyrrole nitrogens is 1. The lowest BCUT2D eigenvalue weighted by Gasteiger charge is -2.21. The minimum absolute atomic E-state index is 0.0222. The molecule has 0 bridgehead atoms. The first-order valence-corrected chi connectivity index (χ1v) is 12.9. The quantitative estimate of drug-likeness (QED) is 0.192. The SMILES string of the molecule is O=C(Cn1ccc2ccccc21)O[C@@H](Cc1c(Cl)c[nH+]cc1Cl)c1ccc(OC(F)F)c(OCC2CC2)c1. The number of aromatic amines is 1. The van der Waals surface area contributed by atoms with Crippen LogP contribution in [0.2, 0.25) is 10.0 Å². The molecule has 1 aliphatic carbocycles. The van der Waals surface area contributed by atoms with Crippen LogP contribution in [-0.2, 0) is 22.5 Å². The molecule has 0 saturated heterocycles. The number of hydrogen-bond acceptors (Lipinski definition) is 4. The van der Waals surface area contributed by atoms with E-state index < -0.39 is 18.7 Å². The van der Waals surface area contributed by atoms with E-state index >= 15 is 0 Å². The van der Waals surface area contributed by atoms with E-state index in [2.05, 4.69) is 9.72 Å². The Kier molecular flexibility index (Phi) is 8.00. The van der Waals surface area contributed by atoms with Crippen molar-refractivity contribution in [2.24, 2.45) is 5.92 Å². The van der Waals surface area contributed by atoms with Crippen molar-refractivity contribution in [1.29, 1.82) is 0 Å². The maximum atomic E-state index is 13.1. The van der Waals surface area contributed by atoms with E-state index in [1.54, 1.807) is 29.1 Å². The van der Waals surface area contributed by atoms with E-state index in [0.29, 0.717) is 33.7 Å². The Bertz CT molecular complexity index is 1420. The normalized spacial score (nSPS) is 14.0. The zero-order valence-corrected chi connectivity index (χ0v) is 21.7. The van der Waals surface area contributed by atoms with Crippen molar-refractivity contribution < 1.29 is 32.8 Å². The second-order valence-corrected chi connectivity index (χ2v) is 9.97. The summed E-state index contributed by atoms with van der Waals surface area (Å²) < 4.78 is 44.3. The zero-order valence-electron chi connectivity index (χ0n) is 20.2. The van der Waals surface area contributed by atoms with E-state index in [0.717, 1.165) is 23.7 Å². The van der Waals surface area contributed by atoms with Crippen LogP contribution in [0.4, 0.5) is 8.78 Å². The molecular weight excluding hydrogens is 537 g/mol. The molecule has 2 aromatic heterocycles. The number of alkyl halides is 2. The third kappa shape index (κ3) is 6.37. The molecule has 0 amide bonds. The minimum Gasteiger partial charge on any atom is -0.489 e. The summed E-state index contributed by atoms with van der Waals surface area (Å²) in [6, 6.07) is 14.2. The van der Waals surface area contributed by atoms with Crippen molar-refractivity contribution in [3.63, 3.8) is 0 Å². The van der Waals surface area contributed by atoms with Gasteiger partial charge in [-0.2, -0.15) is 8.78 Å². The van der Waals surface area contributed by atoms with Gasteiger partial charge in [-0.15, -0.1) is 0 Å². The lowest BCUT2D eigenvalue weighted by Crippen LogP contribution is -2.19. The van der Waals surface area contributed by atoms with Crippen molar-refractivity contribution >= 4 is 40.1 Å². The number of rotatable bonds is 11. The molecule has 5 rings (SSSR count). The fourth-order valence-electron chi connectivity index (χ4n) is 4.22. The highest BCUT2D eigenvalue weighted by molar-refractivity contribution is 6.35. The first kappa shape index (κ1) is 26.3. The van der Waals surface area contributed by atoms with Gasteiger partial charge in [0.2, 0.25) is 0 Å². The van der Waals surface area contributed by atoms with E-state index in [4.69, 9.17) is 32.7 Å². The van der Waals surface area contributed by atoms with Gasteiger partial charge in [-0.25, -0.2) is 4.98 Å². The molecule has 4 aromatic rings. The van der Waals surface area contributed by atoms with Gasteiger partial charge >= 0.3 is 12.6 Å². The Morgan fingerprint density at radius 3 is 2.55 bits per heavy atom. The lowest BCUT2D eigenvalue weighted by molar-refractivity contribution is -0.377. The van der Waals surface area contributed by atoms with Crippen LogP contribution in [0.25, 0.3) is 10.9 Å². The van der Waals surface area contributed by atoms with Crippen molar-refractivity contribution in [2.75, 3.05) is 6.61 Å². The molecule has 0 unspecified atom stereocenters. The second-order valence-electron chi connectivity index (χ2n) is 9.15. The van der Waals surface area contributed by atoms with Crippen LogP contribution in [0.5, 0.6) is 11.5 Å². The van der Waals surface area contributed by atoms with Gasteiger partial charge < -0.3 is 18.8 Å². The lowest BCUT2D eigenvalue weighted by atomic mass is 10.0. The molecule has 38 heavy (non-hydrogen) atoms. The molecule has 6 nitrogen and oxygen atoms in total. The standard InChI is InChI=1S/C28H24Cl2F2N2O4/c29-21-13-33-14-22(30)20(21)12-25(37-27(35)15-34-10-9-18-3-1-2-4-23(18)34)19-7-8-24(38-28(31)32)26(11-19)36-16-17-5-6-17/h1-4,7-11,13-14,17,25,28H,5-6,12,15-16H2/p+1/t25-/m0/s1. The molecule has 0 spiro atoms. The summed E-state index contributed by atoms with van der Waals surface area (Å²) in [5, 5.41) is 1.75. The van der Waals surface area contributed by atoms with Crippen LogP contribution < -0.4 is 14.5 Å². The van der Waals surface area contributed by atoms with E-state index in [-0.39, 0.29) is 24.5 Å². The van der Waals surface area contributed by atoms with E-state index in [9.17, 15) is 13.6 Å². The summed E-state index contributed by atoms with van der Waals surface area (Å²) >= 11 is 12.8. The fourth-order valence-corrected chi connectivity index (χ4v) is 4.75. The van der Waals surface area contributed by atoms with Gasteiger partial charge in [-0.1, -0.05) is 47.5 Å².